The van der Waals surface area contributed by atoms with Crippen LogP contribution in [0.5, 0.6) is 11.5 Å². The second-order valence-electron chi connectivity index (χ2n) is 4.39. The molecule has 3 N–H and O–H groups in total. The second-order valence-corrected chi connectivity index (χ2v) is 5.19. The first-order valence-corrected chi connectivity index (χ1v) is 6.76. The average molecular weight is 417 g/mol. The molecule has 23 heavy (non-hydrogen) atoms. The summed E-state index contributed by atoms with van der Waals surface area (Å²) in [7, 11) is 0. The van der Waals surface area contributed by atoms with E-state index in [-0.39, 0.29) is 33.9 Å². The first-order chi connectivity index (χ1) is 10.2. The van der Waals surface area contributed by atoms with E-state index in [1.165, 1.54) is 18.2 Å². The zero-order chi connectivity index (χ0) is 16.5. The first kappa shape index (κ1) is 19.5. The van der Waals surface area contributed by atoms with Gasteiger partial charge in [-0.25, -0.2) is 4.39 Å². The molecule has 0 bridgehead atoms. The SMILES string of the molecule is Cl.N[C@H](c1ccc(OC(F)(F)F)cc1)c1ccc(F)c(Br)c1O. The molecule has 0 spiro atoms. The zero-order valence-corrected chi connectivity index (χ0v) is 13.7. The van der Waals surface area contributed by atoms with Crippen molar-refractivity contribution < 1.29 is 27.4 Å². The molecule has 0 saturated carbocycles. The van der Waals surface area contributed by atoms with Gasteiger partial charge in [-0.05, 0) is 39.7 Å². The van der Waals surface area contributed by atoms with Crippen LogP contribution in [0.25, 0.3) is 0 Å². The van der Waals surface area contributed by atoms with Gasteiger partial charge in [0.05, 0.1) is 10.5 Å². The Kier molecular flexibility index (Phi) is 6.26. The lowest BCUT2D eigenvalue weighted by Crippen LogP contribution is -2.17. The van der Waals surface area contributed by atoms with E-state index in [4.69, 9.17) is 5.73 Å². The average Bonchev–Trinajstić information content (AvgIpc) is 2.43. The highest BCUT2D eigenvalue weighted by molar-refractivity contribution is 9.10. The van der Waals surface area contributed by atoms with E-state index in [0.29, 0.717) is 5.56 Å². The minimum atomic E-state index is -4.77. The first-order valence-electron chi connectivity index (χ1n) is 5.97. The van der Waals surface area contributed by atoms with Crippen LogP contribution in [0.4, 0.5) is 17.6 Å². The normalized spacial score (nSPS) is 12.4. The van der Waals surface area contributed by atoms with Crippen molar-refractivity contribution in [3.8, 4) is 11.5 Å². The Morgan fingerprint density at radius 2 is 1.65 bits per heavy atom. The number of alkyl halides is 3. The lowest BCUT2D eigenvalue weighted by molar-refractivity contribution is -0.274. The molecule has 0 aliphatic heterocycles. The molecule has 0 amide bonds. The van der Waals surface area contributed by atoms with E-state index in [0.717, 1.165) is 18.2 Å². The topological polar surface area (TPSA) is 55.5 Å². The van der Waals surface area contributed by atoms with Gasteiger partial charge in [0.25, 0.3) is 0 Å². The number of hydrogen-bond donors (Lipinski definition) is 2. The molecule has 0 heterocycles. The lowest BCUT2D eigenvalue weighted by Gasteiger charge is -2.16. The van der Waals surface area contributed by atoms with Crippen LogP contribution in [0, 0.1) is 5.82 Å². The van der Waals surface area contributed by atoms with Crippen LogP contribution in [0.2, 0.25) is 0 Å². The lowest BCUT2D eigenvalue weighted by atomic mass is 9.98. The van der Waals surface area contributed by atoms with Gasteiger partial charge in [-0.2, -0.15) is 0 Å². The van der Waals surface area contributed by atoms with Gasteiger partial charge in [0.1, 0.15) is 17.3 Å². The number of nitrogens with two attached hydrogens (primary N) is 1. The van der Waals surface area contributed by atoms with Crippen LogP contribution in [-0.4, -0.2) is 11.5 Å². The van der Waals surface area contributed by atoms with E-state index in [2.05, 4.69) is 20.7 Å². The Morgan fingerprint density at radius 3 is 2.17 bits per heavy atom. The fraction of sp³-hybridized carbons (Fsp3) is 0.143. The van der Waals surface area contributed by atoms with Gasteiger partial charge in [-0.15, -0.1) is 25.6 Å². The van der Waals surface area contributed by atoms with E-state index in [9.17, 15) is 22.7 Å². The molecule has 0 aliphatic carbocycles. The molecule has 0 aromatic heterocycles. The number of halogens is 6. The van der Waals surface area contributed by atoms with Crippen molar-refractivity contribution in [1.82, 2.24) is 0 Å². The van der Waals surface area contributed by atoms with Gasteiger partial charge in [-0.3, -0.25) is 0 Å². The molecule has 0 radical (unpaired) electrons. The third-order valence-electron chi connectivity index (χ3n) is 2.91. The summed E-state index contributed by atoms with van der Waals surface area (Å²) < 4.78 is 53.1. The van der Waals surface area contributed by atoms with Crippen molar-refractivity contribution in [2.75, 3.05) is 0 Å². The van der Waals surface area contributed by atoms with Crippen molar-refractivity contribution in [3.63, 3.8) is 0 Å². The molecule has 0 unspecified atom stereocenters. The Hall–Kier alpha value is -1.51. The van der Waals surface area contributed by atoms with Crippen LogP contribution in [0.15, 0.2) is 40.9 Å². The molecule has 2 aromatic rings. The number of aromatic hydroxyl groups is 1. The summed E-state index contributed by atoms with van der Waals surface area (Å²) in [6, 6.07) is 6.48. The summed E-state index contributed by atoms with van der Waals surface area (Å²) in [6.45, 7) is 0. The predicted molar refractivity (Wildman–Crippen MR) is 82.2 cm³/mol. The van der Waals surface area contributed by atoms with Crippen LogP contribution in [-0.2, 0) is 0 Å². The summed E-state index contributed by atoms with van der Waals surface area (Å²) >= 11 is 2.89. The molecule has 9 heteroatoms. The van der Waals surface area contributed by atoms with Gasteiger partial charge < -0.3 is 15.6 Å². The molecule has 2 rings (SSSR count). The fourth-order valence-corrected chi connectivity index (χ4v) is 2.22. The molecule has 0 fully saturated rings. The summed E-state index contributed by atoms with van der Waals surface area (Å²) in [5.41, 5.74) is 6.61. The van der Waals surface area contributed by atoms with Crippen molar-refractivity contribution in [3.05, 3.63) is 57.8 Å². The van der Waals surface area contributed by atoms with E-state index in [1.54, 1.807) is 0 Å². The minimum absolute atomic E-state index is 0. The zero-order valence-electron chi connectivity index (χ0n) is 11.3. The van der Waals surface area contributed by atoms with E-state index < -0.39 is 18.2 Å². The Labute approximate surface area is 143 Å². The molecule has 3 nitrogen and oxygen atoms in total. The Bertz CT molecular complexity index is 680. The molecular weight excluding hydrogens is 406 g/mol. The quantitative estimate of drug-likeness (QED) is 0.716. The molecular formula is C14H11BrClF4NO2. The highest BCUT2D eigenvalue weighted by atomic mass is 79.9. The minimum Gasteiger partial charge on any atom is -0.506 e. The van der Waals surface area contributed by atoms with Crippen molar-refractivity contribution >= 4 is 28.3 Å². The Balaban J connectivity index is 0.00000264. The van der Waals surface area contributed by atoms with Gasteiger partial charge in [0, 0.05) is 5.56 Å². The molecule has 2 aromatic carbocycles. The summed E-state index contributed by atoms with van der Waals surface area (Å²) in [6.07, 6.45) is -4.77. The third kappa shape index (κ3) is 4.73. The van der Waals surface area contributed by atoms with Gasteiger partial charge in [-0.1, -0.05) is 18.2 Å². The number of rotatable bonds is 3. The van der Waals surface area contributed by atoms with Crippen LogP contribution < -0.4 is 10.5 Å². The summed E-state index contributed by atoms with van der Waals surface area (Å²) in [5.74, 6) is -1.39. The summed E-state index contributed by atoms with van der Waals surface area (Å²) in [5, 5.41) is 9.88. The van der Waals surface area contributed by atoms with Gasteiger partial charge in [0.2, 0.25) is 0 Å². The number of phenolic OH excluding ortho intramolecular Hbond substituents is 1. The highest BCUT2D eigenvalue weighted by Crippen LogP contribution is 2.36. The Morgan fingerprint density at radius 1 is 1.09 bits per heavy atom. The van der Waals surface area contributed by atoms with Crippen LogP contribution in [0.3, 0.4) is 0 Å². The second kappa shape index (κ2) is 7.37. The summed E-state index contributed by atoms with van der Waals surface area (Å²) in [4.78, 5) is 0. The van der Waals surface area contributed by atoms with Crippen molar-refractivity contribution in [2.24, 2.45) is 5.73 Å². The van der Waals surface area contributed by atoms with Crippen LogP contribution in [0.1, 0.15) is 17.2 Å². The maximum Gasteiger partial charge on any atom is 0.573 e. The molecule has 1 atom stereocenters. The monoisotopic (exact) mass is 415 g/mol. The largest absolute Gasteiger partial charge is 0.573 e. The standard InChI is InChI=1S/C14H10BrF4NO2.ClH/c15-11-10(16)6-5-9(13(11)21)12(20)7-1-3-8(4-2-7)22-14(17,18)19;/h1-6,12,21H,20H2;1H/t12-;/m1./s1. The van der Waals surface area contributed by atoms with E-state index in [1.807, 2.05) is 0 Å². The van der Waals surface area contributed by atoms with Crippen LogP contribution >= 0.6 is 28.3 Å². The van der Waals surface area contributed by atoms with Crippen molar-refractivity contribution in [1.29, 1.82) is 0 Å². The fourth-order valence-electron chi connectivity index (χ4n) is 1.86. The third-order valence-corrected chi connectivity index (χ3v) is 3.66. The van der Waals surface area contributed by atoms with Gasteiger partial charge >= 0.3 is 6.36 Å². The van der Waals surface area contributed by atoms with Crippen molar-refractivity contribution in [2.45, 2.75) is 12.4 Å². The van der Waals surface area contributed by atoms with Gasteiger partial charge in [0.15, 0.2) is 0 Å². The number of benzene rings is 2. The maximum atomic E-state index is 13.3. The molecule has 126 valence electrons. The number of ether oxygens (including phenoxy) is 1. The highest BCUT2D eigenvalue weighted by Gasteiger charge is 2.31. The smallest absolute Gasteiger partial charge is 0.506 e. The molecule has 0 aliphatic rings. The maximum absolute atomic E-state index is 13.3. The number of phenols is 1. The van der Waals surface area contributed by atoms with E-state index >= 15 is 0 Å². The number of hydrogen-bond acceptors (Lipinski definition) is 3. The predicted octanol–water partition coefficient (Wildman–Crippen LogP) is 4.66. The molecule has 0 saturated heterocycles.